The molecule has 0 saturated carbocycles. The predicted molar refractivity (Wildman–Crippen MR) is 54.9 cm³/mol. The second kappa shape index (κ2) is 7.79. The molecule has 0 bridgehead atoms. The van der Waals surface area contributed by atoms with Crippen LogP contribution in [-0.4, -0.2) is 55.0 Å². The SMILES string of the molecule is C=CC(=O)O.O=C(O)CC(O)(CC(=O)O)C(=O)O. The number of carbonyl (C=O) groups is 4. The lowest BCUT2D eigenvalue weighted by atomic mass is 9.96. The van der Waals surface area contributed by atoms with Gasteiger partial charge in [0.25, 0.3) is 0 Å². The monoisotopic (exact) mass is 264 g/mol. The molecule has 0 aliphatic heterocycles. The van der Waals surface area contributed by atoms with Gasteiger partial charge in [0, 0.05) is 6.08 Å². The summed E-state index contributed by atoms with van der Waals surface area (Å²) in [7, 11) is 0. The molecule has 0 spiro atoms. The van der Waals surface area contributed by atoms with Crippen LogP contribution < -0.4 is 0 Å². The number of hydrogen-bond acceptors (Lipinski definition) is 5. The smallest absolute Gasteiger partial charge is 0.336 e. The van der Waals surface area contributed by atoms with Crippen LogP contribution >= 0.6 is 0 Å². The summed E-state index contributed by atoms with van der Waals surface area (Å²) in [4.78, 5) is 39.7. The number of carboxylic acids is 4. The molecule has 0 radical (unpaired) electrons. The fourth-order valence-electron chi connectivity index (χ4n) is 0.714. The van der Waals surface area contributed by atoms with E-state index in [-0.39, 0.29) is 0 Å². The number of aliphatic hydroxyl groups is 1. The molecule has 0 amide bonds. The van der Waals surface area contributed by atoms with E-state index in [4.69, 9.17) is 25.5 Å². The van der Waals surface area contributed by atoms with Crippen molar-refractivity contribution >= 4 is 23.9 Å². The lowest BCUT2D eigenvalue weighted by Crippen LogP contribution is -2.42. The van der Waals surface area contributed by atoms with E-state index in [0.717, 1.165) is 6.08 Å². The van der Waals surface area contributed by atoms with Gasteiger partial charge in [0.15, 0.2) is 5.60 Å². The molecule has 5 N–H and O–H groups in total. The molecule has 0 rings (SSSR count). The van der Waals surface area contributed by atoms with Crippen molar-refractivity contribution in [1.29, 1.82) is 0 Å². The van der Waals surface area contributed by atoms with Crippen LogP contribution in [0.5, 0.6) is 0 Å². The highest BCUT2D eigenvalue weighted by Gasteiger charge is 2.40. The van der Waals surface area contributed by atoms with Gasteiger partial charge in [-0.3, -0.25) is 9.59 Å². The predicted octanol–water partition coefficient (Wildman–Crippen LogP) is -0.991. The summed E-state index contributed by atoms with van der Waals surface area (Å²) in [6, 6.07) is 0. The molecule has 0 aromatic heterocycles. The Kier molecular flexibility index (Phi) is 7.77. The molecule has 0 aliphatic carbocycles. The number of aliphatic carboxylic acids is 4. The summed E-state index contributed by atoms with van der Waals surface area (Å²) < 4.78 is 0. The van der Waals surface area contributed by atoms with Crippen LogP contribution in [-0.2, 0) is 19.2 Å². The molecule has 18 heavy (non-hydrogen) atoms. The fourth-order valence-corrected chi connectivity index (χ4v) is 0.714. The van der Waals surface area contributed by atoms with Crippen molar-refractivity contribution in [3.8, 4) is 0 Å². The Hall–Kier alpha value is -2.42. The molecule has 0 aromatic rings. The Bertz CT molecular complexity index is 341. The highest BCUT2D eigenvalue weighted by atomic mass is 16.4. The van der Waals surface area contributed by atoms with Crippen molar-refractivity contribution in [2.75, 3.05) is 0 Å². The van der Waals surface area contributed by atoms with Gasteiger partial charge in [0.2, 0.25) is 0 Å². The van der Waals surface area contributed by atoms with Crippen LogP contribution in [0.25, 0.3) is 0 Å². The van der Waals surface area contributed by atoms with Crippen LogP contribution in [0.4, 0.5) is 0 Å². The number of carboxylic acid groups (broad SMARTS) is 4. The van der Waals surface area contributed by atoms with E-state index in [9.17, 15) is 19.2 Å². The normalized spacial score (nSPS) is 9.61. The third kappa shape index (κ3) is 8.85. The number of rotatable bonds is 6. The van der Waals surface area contributed by atoms with Crippen LogP contribution in [0.15, 0.2) is 12.7 Å². The lowest BCUT2D eigenvalue weighted by Gasteiger charge is -2.18. The summed E-state index contributed by atoms with van der Waals surface area (Å²) in [6.45, 7) is 2.96. The van der Waals surface area contributed by atoms with E-state index in [1.807, 2.05) is 0 Å². The third-order valence-corrected chi connectivity index (χ3v) is 1.46. The maximum absolute atomic E-state index is 10.3. The summed E-state index contributed by atoms with van der Waals surface area (Å²) in [5, 5.41) is 41.4. The van der Waals surface area contributed by atoms with Gasteiger partial charge < -0.3 is 25.5 Å². The second-order valence-electron chi connectivity index (χ2n) is 3.02. The summed E-state index contributed by atoms with van der Waals surface area (Å²) in [6.07, 6.45) is -1.46. The quantitative estimate of drug-likeness (QED) is 0.378. The van der Waals surface area contributed by atoms with Gasteiger partial charge in [0.1, 0.15) is 0 Å². The zero-order chi connectivity index (χ0) is 14.9. The maximum atomic E-state index is 10.3. The molecule has 0 heterocycles. The van der Waals surface area contributed by atoms with Crippen molar-refractivity contribution in [1.82, 2.24) is 0 Å². The molecule has 102 valence electrons. The van der Waals surface area contributed by atoms with Crippen molar-refractivity contribution < 1.29 is 44.7 Å². The van der Waals surface area contributed by atoms with Crippen molar-refractivity contribution in [2.45, 2.75) is 18.4 Å². The number of hydrogen-bond donors (Lipinski definition) is 5. The van der Waals surface area contributed by atoms with Crippen molar-refractivity contribution in [3.63, 3.8) is 0 Å². The van der Waals surface area contributed by atoms with Gasteiger partial charge in [0.05, 0.1) is 12.8 Å². The van der Waals surface area contributed by atoms with Gasteiger partial charge in [-0.05, 0) is 0 Å². The average Bonchev–Trinajstić information content (AvgIpc) is 2.15. The fraction of sp³-hybridized carbons (Fsp3) is 0.333. The Labute approximate surface area is 101 Å². The lowest BCUT2D eigenvalue weighted by molar-refractivity contribution is -0.170. The van der Waals surface area contributed by atoms with Crippen LogP contribution in [0.3, 0.4) is 0 Å². The van der Waals surface area contributed by atoms with E-state index in [2.05, 4.69) is 6.58 Å². The van der Waals surface area contributed by atoms with Crippen LogP contribution in [0.2, 0.25) is 0 Å². The topological polar surface area (TPSA) is 169 Å². The first kappa shape index (κ1) is 18.0. The Morgan fingerprint density at radius 2 is 1.22 bits per heavy atom. The van der Waals surface area contributed by atoms with Crippen LogP contribution in [0, 0.1) is 0 Å². The Morgan fingerprint density at radius 1 is 0.944 bits per heavy atom. The van der Waals surface area contributed by atoms with E-state index in [0.29, 0.717) is 0 Å². The van der Waals surface area contributed by atoms with Crippen LogP contribution in [0.1, 0.15) is 12.8 Å². The molecule has 9 heteroatoms. The minimum absolute atomic E-state index is 0.833. The second-order valence-corrected chi connectivity index (χ2v) is 3.02. The maximum Gasteiger partial charge on any atom is 0.336 e. The first-order chi connectivity index (χ1) is 8.05. The van der Waals surface area contributed by atoms with Crippen molar-refractivity contribution in [3.05, 3.63) is 12.7 Å². The molecule has 0 fully saturated rings. The first-order valence-corrected chi connectivity index (χ1v) is 4.30. The molecule has 0 aromatic carbocycles. The molecule has 9 nitrogen and oxygen atoms in total. The molecule has 0 aliphatic rings. The molecule has 0 atom stereocenters. The zero-order valence-corrected chi connectivity index (χ0v) is 9.07. The standard InChI is InChI=1S/C6H8O7.C3H4O2/c7-3(8)1-6(13,5(11)12)2-4(9)10;1-2-3(4)5/h13H,1-2H2,(H,7,8)(H,9,10)(H,11,12);2H,1H2,(H,4,5). The largest absolute Gasteiger partial charge is 0.481 e. The summed E-state index contributed by atoms with van der Waals surface area (Å²) in [5.74, 6) is -6.00. The van der Waals surface area contributed by atoms with E-state index in [1.165, 1.54) is 0 Å². The highest BCUT2D eigenvalue weighted by Crippen LogP contribution is 2.15. The van der Waals surface area contributed by atoms with E-state index in [1.54, 1.807) is 0 Å². The van der Waals surface area contributed by atoms with Gasteiger partial charge in [-0.25, -0.2) is 9.59 Å². The third-order valence-electron chi connectivity index (χ3n) is 1.46. The van der Waals surface area contributed by atoms with E-state index >= 15 is 0 Å². The Balaban J connectivity index is 0. The van der Waals surface area contributed by atoms with Gasteiger partial charge >= 0.3 is 23.9 Å². The summed E-state index contributed by atoms with van der Waals surface area (Å²) in [5.41, 5.74) is -2.74. The van der Waals surface area contributed by atoms with Gasteiger partial charge in [-0.15, -0.1) is 0 Å². The van der Waals surface area contributed by atoms with Gasteiger partial charge in [-0.1, -0.05) is 6.58 Å². The highest BCUT2D eigenvalue weighted by molar-refractivity contribution is 5.88. The van der Waals surface area contributed by atoms with Crippen molar-refractivity contribution in [2.24, 2.45) is 0 Å². The van der Waals surface area contributed by atoms with E-state index < -0.39 is 42.3 Å². The summed E-state index contributed by atoms with van der Waals surface area (Å²) >= 11 is 0. The zero-order valence-electron chi connectivity index (χ0n) is 9.07. The average molecular weight is 264 g/mol. The minimum atomic E-state index is -2.74. The first-order valence-electron chi connectivity index (χ1n) is 4.30. The molecular weight excluding hydrogens is 252 g/mol. The minimum Gasteiger partial charge on any atom is -0.481 e. The van der Waals surface area contributed by atoms with Gasteiger partial charge in [-0.2, -0.15) is 0 Å². The molecule has 0 unspecified atom stereocenters. The Morgan fingerprint density at radius 3 is 1.33 bits per heavy atom. The molecule has 0 saturated heterocycles. The molecular formula is C9H12O9.